The minimum atomic E-state index is -0.682. The lowest BCUT2D eigenvalue weighted by molar-refractivity contribution is -0.151. The van der Waals surface area contributed by atoms with E-state index in [1.54, 1.807) is 7.11 Å². The molecule has 1 N–H and O–H groups in total. The number of rotatable bonds is 5. The van der Waals surface area contributed by atoms with Crippen LogP contribution in [0, 0.1) is 11.3 Å². The van der Waals surface area contributed by atoms with E-state index in [0.717, 1.165) is 12.8 Å². The largest absolute Gasteiger partial charge is 0.481 e. The molecule has 0 aromatic rings. The van der Waals surface area contributed by atoms with Gasteiger partial charge >= 0.3 is 5.97 Å². The van der Waals surface area contributed by atoms with Crippen molar-refractivity contribution >= 4 is 5.97 Å². The number of aliphatic carboxylic acids is 1. The van der Waals surface area contributed by atoms with Gasteiger partial charge in [0.05, 0.1) is 11.5 Å². The average molecular weight is 186 g/mol. The van der Waals surface area contributed by atoms with E-state index in [1.165, 1.54) is 0 Å². The normalized spacial score (nSPS) is 23.6. The van der Waals surface area contributed by atoms with Gasteiger partial charge in [-0.1, -0.05) is 0 Å². The predicted octanol–water partition coefficient (Wildman–Crippen LogP) is 1.91. The third-order valence-corrected chi connectivity index (χ3v) is 3.08. The quantitative estimate of drug-likeness (QED) is 0.713. The van der Waals surface area contributed by atoms with Crippen LogP contribution in [0.15, 0.2) is 0 Å². The van der Waals surface area contributed by atoms with Gasteiger partial charge in [0.25, 0.3) is 0 Å². The molecule has 0 spiro atoms. The molecule has 1 fully saturated rings. The molecule has 76 valence electrons. The van der Waals surface area contributed by atoms with E-state index in [2.05, 4.69) is 0 Å². The van der Waals surface area contributed by atoms with Crippen molar-refractivity contribution in [3.63, 3.8) is 0 Å². The van der Waals surface area contributed by atoms with Gasteiger partial charge < -0.3 is 9.84 Å². The highest BCUT2D eigenvalue weighted by atomic mass is 16.5. The molecule has 0 aromatic carbocycles. The van der Waals surface area contributed by atoms with Crippen LogP contribution >= 0.6 is 0 Å². The number of methoxy groups -OCH3 is 1. The SMILES string of the molecule is COC(C)CC(C)(C(=O)O)C1CC1. The number of hydrogen-bond acceptors (Lipinski definition) is 2. The van der Waals surface area contributed by atoms with Crippen LogP contribution in [-0.4, -0.2) is 24.3 Å². The topological polar surface area (TPSA) is 46.5 Å². The molecule has 1 saturated carbocycles. The van der Waals surface area contributed by atoms with Crippen LogP contribution in [0.3, 0.4) is 0 Å². The summed E-state index contributed by atoms with van der Waals surface area (Å²) in [6.07, 6.45) is 2.75. The van der Waals surface area contributed by atoms with Crippen molar-refractivity contribution in [3.05, 3.63) is 0 Å². The first-order chi connectivity index (χ1) is 6.00. The van der Waals surface area contributed by atoms with Crippen molar-refractivity contribution in [3.8, 4) is 0 Å². The van der Waals surface area contributed by atoms with Gasteiger partial charge in [-0.15, -0.1) is 0 Å². The molecule has 0 bridgehead atoms. The van der Waals surface area contributed by atoms with Gasteiger partial charge in [-0.25, -0.2) is 0 Å². The van der Waals surface area contributed by atoms with Crippen LogP contribution in [0.2, 0.25) is 0 Å². The van der Waals surface area contributed by atoms with Gasteiger partial charge in [0, 0.05) is 7.11 Å². The zero-order chi connectivity index (χ0) is 10.1. The maximum absolute atomic E-state index is 11.1. The average Bonchev–Trinajstić information content (AvgIpc) is 2.85. The minimum absolute atomic E-state index is 0.0294. The first-order valence-electron chi connectivity index (χ1n) is 4.77. The summed E-state index contributed by atoms with van der Waals surface area (Å²) in [5.41, 5.74) is -0.574. The van der Waals surface area contributed by atoms with Crippen molar-refractivity contribution in [1.82, 2.24) is 0 Å². The monoisotopic (exact) mass is 186 g/mol. The van der Waals surface area contributed by atoms with Crippen LogP contribution in [0.1, 0.15) is 33.1 Å². The number of ether oxygens (including phenoxy) is 1. The Balaban J connectivity index is 2.61. The van der Waals surface area contributed by atoms with Crippen molar-refractivity contribution < 1.29 is 14.6 Å². The van der Waals surface area contributed by atoms with E-state index in [-0.39, 0.29) is 6.10 Å². The summed E-state index contributed by atoms with van der Waals surface area (Å²) >= 11 is 0. The molecule has 0 aliphatic heterocycles. The molecule has 2 unspecified atom stereocenters. The van der Waals surface area contributed by atoms with Crippen LogP contribution in [0.5, 0.6) is 0 Å². The Labute approximate surface area is 79.1 Å². The first-order valence-corrected chi connectivity index (χ1v) is 4.77. The maximum atomic E-state index is 11.1. The number of carboxylic acids is 1. The second kappa shape index (κ2) is 3.66. The van der Waals surface area contributed by atoms with Crippen molar-refractivity contribution in [2.75, 3.05) is 7.11 Å². The molecule has 2 atom stereocenters. The van der Waals surface area contributed by atoms with Gasteiger partial charge in [-0.05, 0) is 39.0 Å². The second-order valence-electron chi connectivity index (χ2n) is 4.25. The van der Waals surface area contributed by atoms with Crippen LogP contribution in [0.4, 0.5) is 0 Å². The van der Waals surface area contributed by atoms with E-state index >= 15 is 0 Å². The lowest BCUT2D eigenvalue weighted by atomic mass is 9.80. The summed E-state index contributed by atoms with van der Waals surface area (Å²) < 4.78 is 5.11. The van der Waals surface area contributed by atoms with Crippen molar-refractivity contribution in [2.45, 2.75) is 39.2 Å². The molecule has 3 heteroatoms. The second-order valence-corrected chi connectivity index (χ2v) is 4.25. The fraction of sp³-hybridized carbons (Fsp3) is 0.900. The molecule has 1 aliphatic carbocycles. The van der Waals surface area contributed by atoms with Crippen LogP contribution in [-0.2, 0) is 9.53 Å². The molecule has 0 radical (unpaired) electrons. The van der Waals surface area contributed by atoms with E-state index in [0.29, 0.717) is 12.3 Å². The molecule has 0 heterocycles. The zero-order valence-electron chi connectivity index (χ0n) is 8.54. The Bertz CT molecular complexity index is 198. The van der Waals surface area contributed by atoms with E-state index in [4.69, 9.17) is 9.84 Å². The lowest BCUT2D eigenvalue weighted by Crippen LogP contribution is -2.33. The lowest BCUT2D eigenvalue weighted by Gasteiger charge is -2.27. The molecule has 1 aliphatic rings. The van der Waals surface area contributed by atoms with E-state index in [9.17, 15) is 4.79 Å². The number of carbonyl (C=O) groups is 1. The molecule has 0 aromatic heterocycles. The fourth-order valence-electron chi connectivity index (χ4n) is 1.83. The highest BCUT2D eigenvalue weighted by molar-refractivity contribution is 5.75. The maximum Gasteiger partial charge on any atom is 0.309 e. The number of carboxylic acid groups (broad SMARTS) is 1. The molecule has 0 amide bonds. The van der Waals surface area contributed by atoms with Gasteiger partial charge in [0.1, 0.15) is 0 Å². The highest BCUT2D eigenvalue weighted by Crippen LogP contribution is 2.48. The molecule has 3 nitrogen and oxygen atoms in total. The molecular formula is C10H18O3. The Kier molecular flexibility index (Phi) is 2.96. The predicted molar refractivity (Wildman–Crippen MR) is 49.6 cm³/mol. The minimum Gasteiger partial charge on any atom is -0.481 e. The molecule has 0 saturated heterocycles. The summed E-state index contributed by atoms with van der Waals surface area (Å²) in [5.74, 6) is -0.318. The first kappa shape index (κ1) is 10.5. The van der Waals surface area contributed by atoms with Crippen molar-refractivity contribution in [1.29, 1.82) is 0 Å². The Morgan fingerprint density at radius 2 is 2.23 bits per heavy atom. The number of hydrogen-bond donors (Lipinski definition) is 1. The van der Waals surface area contributed by atoms with Gasteiger partial charge in [0.15, 0.2) is 0 Å². The summed E-state index contributed by atoms with van der Waals surface area (Å²) in [6, 6.07) is 0. The van der Waals surface area contributed by atoms with Crippen LogP contribution in [0.25, 0.3) is 0 Å². The molecule has 13 heavy (non-hydrogen) atoms. The molecular weight excluding hydrogens is 168 g/mol. The fourth-order valence-corrected chi connectivity index (χ4v) is 1.83. The van der Waals surface area contributed by atoms with Crippen molar-refractivity contribution in [2.24, 2.45) is 11.3 Å². The zero-order valence-corrected chi connectivity index (χ0v) is 8.54. The summed E-state index contributed by atoms with van der Waals surface area (Å²) in [6.45, 7) is 3.76. The smallest absolute Gasteiger partial charge is 0.309 e. The summed E-state index contributed by atoms with van der Waals surface area (Å²) in [4.78, 5) is 11.1. The van der Waals surface area contributed by atoms with Crippen LogP contribution < -0.4 is 0 Å². The highest BCUT2D eigenvalue weighted by Gasteiger charge is 2.47. The Morgan fingerprint density at radius 3 is 2.54 bits per heavy atom. The summed E-state index contributed by atoms with van der Waals surface area (Å²) in [7, 11) is 1.62. The van der Waals surface area contributed by atoms with E-state index in [1.807, 2.05) is 13.8 Å². The van der Waals surface area contributed by atoms with E-state index < -0.39 is 11.4 Å². The summed E-state index contributed by atoms with van der Waals surface area (Å²) in [5, 5.41) is 9.13. The molecule has 1 rings (SSSR count). The Morgan fingerprint density at radius 1 is 1.69 bits per heavy atom. The van der Waals surface area contributed by atoms with Gasteiger partial charge in [-0.3, -0.25) is 4.79 Å². The van der Waals surface area contributed by atoms with Gasteiger partial charge in [-0.2, -0.15) is 0 Å². The standard InChI is InChI=1S/C10H18O3/c1-7(13-3)6-10(2,9(11)12)8-4-5-8/h7-8H,4-6H2,1-3H3,(H,11,12). The third kappa shape index (κ3) is 2.21. The Hall–Kier alpha value is -0.570. The van der Waals surface area contributed by atoms with Gasteiger partial charge in [0.2, 0.25) is 0 Å². The third-order valence-electron chi connectivity index (χ3n) is 3.08.